The fraction of sp³-hybridized carbons (Fsp3) is 0.438. The minimum Gasteiger partial charge on any atom is -0.379 e. The van der Waals surface area contributed by atoms with Crippen LogP contribution in [0, 0.1) is 13.8 Å². The molecule has 148 valence electrons. The molecule has 1 saturated heterocycles. The van der Waals surface area contributed by atoms with Crippen molar-refractivity contribution in [3.05, 3.63) is 41.3 Å². The summed E-state index contributed by atoms with van der Waals surface area (Å²) >= 11 is 0. The van der Waals surface area contributed by atoms with Crippen LogP contribution < -0.4 is 4.72 Å². The lowest BCUT2D eigenvalue weighted by atomic mass is 10.2. The number of ether oxygens (including phenoxy) is 1. The molecule has 2 aromatic rings. The van der Waals surface area contributed by atoms with E-state index < -0.39 is 20.0 Å². The molecular formula is C16H21N3O6S2. The SMILES string of the molecule is Cc1noc(C)c1CNS(=O)(=O)c1ccc(S(=O)(=O)N2CCOCC2)cc1. The summed E-state index contributed by atoms with van der Waals surface area (Å²) in [6.45, 7) is 4.72. The van der Waals surface area contributed by atoms with Crippen LogP contribution in [0.1, 0.15) is 17.0 Å². The Morgan fingerprint density at radius 1 is 1.04 bits per heavy atom. The van der Waals surface area contributed by atoms with Gasteiger partial charge in [0.15, 0.2) is 0 Å². The number of benzene rings is 1. The Labute approximate surface area is 158 Å². The Kier molecular flexibility index (Phi) is 5.68. The van der Waals surface area contributed by atoms with E-state index in [-0.39, 0.29) is 29.4 Å². The van der Waals surface area contributed by atoms with E-state index in [9.17, 15) is 16.8 Å². The average Bonchev–Trinajstić information content (AvgIpc) is 2.99. The molecule has 0 amide bonds. The zero-order valence-corrected chi connectivity index (χ0v) is 16.6. The summed E-state index contributed by atoms with van der Waals surface area (Å²) in [6.07, 6.45) is 0. The summed E-state index contributed by atoms with van der Waals surface area (Å²) < 4.78 is 64.1. The van der Waals surface area contributed by atoms with E-state index >= 15 is 0 Å². The third kappa shape index (κ3) is 4.22. The van der Waals surface area contributed by atoms with E-state index in [1.54, 1.807) is 13.8 Å². The summed E-state index contributed by atoms with van der Waals surface area (Å²) in [5.41, 5.74) is 1.28. The summed E-state index contributed by atoms with van der Waals surface area (Å²) in [6, 6.07) is 5.16. The molecule has 2 heterocycles. The molecular weight excluding hydrogens is 394 g/mol. The fourth-order valence-electron chi connectivity index (χ4n) is 2.73. The molecule has 3 rings (SSSR count). The molecule has 9 nitrogen and oxygen atoms in total. The second-order valence-corrected chi connectivity index (χ2v) is 9.82. The molecule has 0 saturated carbocycles. The lowest BCUT2D eigenvalue weighted by Gasteiger charge is -2.26. The summed E-state index contributed by atoms with van der Waals surface area (Å²) in [4.78, 5) is 0.0317. The summed E-state index contributed by atoms with van der Waals surface area (Å²) in [5, 5.41) is 3.78. The van der Waals surface area contributed by atoms with E-state index in [1.807, 2.05) is 0 Å². The van der Waals surface area contributed by atoms with Gasteiger partial charge in [-0.05, 0) is 38.1 Å². The quantitative estimate of drug-likeness (QED) is 0.741. The average molecular weight is 415 g/mol. The van der Waals surface area contributed by atoms with Crippen molar-refractivity contribution in [3.63, 3.8) is 0 Å². The standard InChI is InChI=1S/C16H21N3O6S2/c1-12-16(13(2)25-18-12)11-17-26(20,21)14-3-5-15(6-4-14)27(22,23)19-7-9-24-10-8-19/h3-6,17H,7-11H2,1-2H3. The lowest BCUT2D eigenvalue weighted by Crippen LogP contribution is -2.40. The number of rotatable bonds is 6. The second-order valence-electron chi connectivity index (χ2n) is 6.12. The topological polar surface area (TPSA) is 119 Å². The fourth-order valence-corrected chi connectivity index (χ4v) is 5.13. The minimum absolute atomic E-state index is 0.0183. The van der Waals surface area contributed by atoms with Crippen molar-refractivity contribution in [2.75, 3.05) is 26.3 Å². The number of morpholine rings is 1. The van der Waals surface area contributed by atoms with Gasteiger partial charge in [-0.1, -0.05) is 5.16 Å². The van der Waals surface area contributed by atoms with Gasteiger partial charge in [-0.2, -0.15) is 4.31 Å². The molecule has 0 bridgehead atoms. The Morgan fingerprint density at radius 3 is 2.19 bits per heavy atom. The third-order valence-electron chi connectivity index (χ3n) is 4.36. The summed E-state index contributed by atoms with van der Waals surface area (Å²) in [7, 11) is -7.47. The first-order valence-corrected chi connectivity index (χ1v) is 11.2. The van der Waals surface area contributed by atoms with Crippen LogP contribution >= 0.6 is 0 Å². The van der Waals surface area contributed by atoms with Crippen molar-refractivity contribution in [1.82, 2.24) is 14.2 Å². The van der Waals surface area contributed by atoms with Gasteiger partial charge in [-0.15, -0.1) is 0 Å². The molecule has 11 heteroatoms. The third-order valence-corrected chi connectivity index (χ3v) is 7.69. The molecule has 1 aliphatic heterocycles. The van der Waals surface area contributed by atoms with Crippen LogP contribution in [0.3, 0.4) is 0 Å². The molecule has 1 aliphatic rings. The Balaban J connectivity index is 1.75. The molecule has 27 heavy (non-hydrogen) atoms. The highest BCUT2D eigenvalue weighted by Crippen LogP contribution is 2.20. The van der Waals surface area contributed by atoms with Gasteiger partial charge in [0.2, 0.25) is 20.0 Å². The van der Waals surface area contributed by atoms with E-state index in [1.165, 1.54) is 28.6 Å². The number of aromatic nitrogens is 1. The maximum atomic E-state index is 12.6. The van der Waals surface area contributed by atoms with Crippen molar-refractivity contribution in [1.29, 1.82) is 0 Å². The molecule has 1 N–H and O–H groups in total. The van der Waals surface area contributed by atoms with Gasteiger partial charge in [0.05, 0.1) is 28.7 Å². The first kappa shape index (κ1) is 20.0. The Bertz CT molecular complexity index is 987. The van der Waals surface area contributed by atoms with Gasteiger partial charge in [-0.25, -0.2) is 21.6 Å². The van der Waals surface area contributed by atoms with Gasteiger partial charge >= 0.3 is 0 Å². The zero-order chi connectivity index (χ0) is 19.7. The molecule has 1 aromatic heterocycles. The molecule has 0 spiro atoms. The van der Waals surface area contributed by atoms with Crippen LogP contribution in [0.2, 0.25) is 0 Å². The normalized spacial score (nSPS) is 16.5. The predicted molar refractivity (Wildman–Crippen MR) is 96.0 cm³/mol. The lowest BCUT2D eigenvalue weighted by molar-refractivity contribution is 0.0730. The molecule has 0 atom stereocenters. The van der Waals surface area contributed by atoms with Gasteiger partial charge in [-0.3, -0.25) is 0 Å². The van der Waals surface area contributed by atoms with E-state index in [0.717, 1.165) is 0 Å². The number of hydrogen-bond donors (Lipinski definition) is 1. The van der Waals surface area contributed by atoms with Gasteiger partial charge < -0.3 is 9.26 Å². The number of nitrogens with zero attached hydrogens (tertiary/aromatic N) is 2. The van der Waals surface area contributed by atoms with Crippen LogP contribution in [0.15, 0.2) is 38.6 Å². The highest BCUT2D eigenvalue weighted by Gasteiger charge is 2.27. The van der Waals surface area contributed by atoms with Gasteiger partial charge in [0.25, 0.3) is 0 Å². The number of hydrogen-bond acceptors (Lipinski definition) is 7. The first-order chi connectivity index (χ1) is 12.7. The van der Waals surface area contributed by atoms with Crippen molar-refractivity contribution in [2.45, 2.75) is 30.2 Å². The maximum Gasteiger partial charge on any atom is 0.243 e. The number of nitrogens with one attached hydrogen (secondary N) is 1. The highest BCUT2D eigenvalue weighted by atomic mass is 32.2. The van der Waals surface area contributed by atoms with Crippen LogP contribution in [0.4, 0.5) is 0 Å². The number of sulfonamides is 2. The second kappa shape index (κ2) is 7.68. The molecule has 1 fully saturated rings. The number of aryl methyl sites for hydroxylation is 2. The maximum absolute atomic E-state index is 12.6. The van der Waals surface area contributed by atoms with Gasteiger partial charge in [0, 0.05) is 25.2 Å². The molecule has 0 unspecified atom stereocenters. The van der Waals surface area contributed by atoms with Crippen molar-refractivity contribution in [2.24, 2.45) is 0 Å². The molecule has 0 aliphatic carbocycles. The largest absolute Gasteiger partial charge is 0.379 e. The van der Waals surface area contributed by atoms with Crippen molar-refractivity contribution < 1.29 is 26.1 Å². The molecule has 0 radical (unpaired) electrons. The van der Waals surface area contributed by atoms with Crippen LogP contribution in [-0.4, -0.2) is 52.6 Å². The first-order valence-electron chi connectivity index (χ1n) is 8.31. The Morgan fingerprint density at radius 2 is 1.63 bits per heavy atom. The smallest absolute Gasteiger partial charge is 0.243 e. The van der Waals surface area contributed by atoms with E-state index in [2.05, 4.69) is 9.88 Å². The molecule has 1 aromatic carbocycles. The van der Waals surface area contributed by atoms with Crippen LogP contribution in [0.5, 0.6) is 0 Å². The van der Waals surface area contributed by atoms with Gasteiger partial charge in [0.1, 0.15) is 5.76 Å². The Hall–Kier alpha value is -1.79. The zero-order valence-electron chi connectivity index (χ0n) is 15.0. The van der Waals surface area contributed by atoms with E-state index in [4.69, 9.17) is 9.26 Å². The predicted octanol–water partition coefficient (Wildman–Crippen LogP) is 0.791. The summed E-state index contributed by atoms with van der Waals surface area (Å²) in [5.74, 6) is 0.544. The monoisotopic (exact) mass is 415 g/mol. The van der Waals surface area contributed by atoms with Crippen molar-refractivity contribution >= 4 is 20.0 Å². The van der Waals surface area contributed by atoms with E-state index in [0.29, 0.717) is 30.2 Å². The van der Waals surface area contributed by atoms with Crippen LogP contribution in [0.25, 0.3) is 0 Å². The van der Waals surface area contributed by atoms with Crippen molar-refractivity contribution in [3.8, 4) is 0 Å². The minimum atomic E-state index is -3.80. The van der Waals surface area contributed by atoms with Crippen LogP contribution in [-0.2, 0) is 31.3 Å². The highest BCUT2D eigenvalue weighted by molar-refractivity contribution is 7.89.